The Balaban J connectivity index is 1.50. The molecule has 0 atom stereocenters. The molecule has 1 amide bonds. The summed E-state index contributed by atoms with van der Waals surface area (Å²) in [6, 6.07) is 0.700. The second-order valence-corrected chi connectivity index (χ2v) is 6.97. The number of hydrogen-bond donors (Lipinski definition) is 1. The Morgan fingerprint density at radius 3 is 2.65 bits per heavy atom. The van der Waals surface area contributed by atoms with E-state index in [1.807, 2.05) is 10.9 Å². The summed E-state index contributed by atoms with van der Waals surface area (Å²) in [6.07, 6.45) is 11.2. The molecule has 1 aliphatic heterocycles. The van der Waals surface area contributed by atoms with Gasteiger partial charge in [-0.15, -0.1) is 5.10 Å². The van der Waals surface area contributed by atoms with Crippen LogP contribution in [0.1, 0.15) is 74.8 Å². The third-order valence-electron chi connectivity index (χ3n) is 5.15. The van der Waals surface area contributed by atoms with E-state index in [4.69, 9.17) is 0 Å². The number of nitrogens with zero attached hydrogens (tertiary/aromatic N) is 4. The minimum absolute atomic E-state index is 0.0685. The fourth-order valence-corrected chi connectivity index (χ4v) is 3.78. The van der Waals surface area contributed by atoms with E-state index in [1.165, 1.54) is 25.7 Å². The molecule has 1 saturated carbocycles. The third-order valence-corrected chi connectivity index (χ3v) is 5.15. The van der Waals surface area contributed by atoms with Gasteiger partial charge in [-0.25, -0.2) is 4.68 Å². The molecule has 2 heterocycles. The summed E-state index contributed by atoms with van der Waals surface area (Å²) >= 11 is 0. The lowest BCUT2D eigenvalue weighted by molar-refractivity contribution is 0.0906. The van der Waals surface area contributed by atoms with Gasteiger partial charge in [-0.05, 0) is 38.6 Å². The molecule has 1 aromatic rings. The fourth-order valence-electron chi connectivity index (χ4n) is 3.78. The highest BCUT2D eigenvalue weighted by atomic mass is 16.2. The van der Waals surface area contributed by atoms with Crippen LogP contribution >= 0.6 is 0 Å². The molecule has 2 fully saturated rings. The lowest BCUT2D eigenvalue weighted by Crippen LogP contribution is -2.44. The van der Waals surface area contributed by atoms with Gasteiger partial charge in [-0.1, -0.05) is 31.4 Å². The van der Waals surface area contributed by atoms with Crippen LogP contribution in [0.2, 0.25) is 0 Å². The monoisotopic (exact) mass is 319 g/mol. The number of carbonyl (C=O) groups excluding carboxylic acids is 1. The topological polar surface area (TPSA) is 63.1 Å². The van der Waals surface area contributed by atoms with Gasteiger partial charge < -0.3 is 10.2 Å². The second-order valence-electron chi connectivity index (χ2n) is 6.97. The molecule has 1 N–H and O–H groups in total. The van der Waals surface area contributed by atoms with Crippen LogP contribution in [0.5, 0.6) is 0 Å². The van der Waals surface area contributed by atoms with Gasteiger partial charge in [0, 0.05) is 19.1 Å². The normalized spacial score (nSPS) is 21.4. The molecule has 3 rings (SSSR count). The maximum Gasteiger partial charge on any atom is 0.273 e. The van der Waals surface area contributed by atoms with E-state index in [-0.39, 0.29) is 11.9 Å². The number of hydrogen-bond acceptors (Lipinski definition) is 4. The third kappa shape index (κ3) is 4.31. The van der Waals surface area contributed by atoms with Crippen LogP contribution in [0.4, 0.5) is 0 Å². The van der Waals surface area contributed by atoms with E-state index in [0.29, 0.717) is 11.7 Å². The number of likely N-dealkylation sites (tertiary alicyclic amines) is 1. The first-order valence-corrected chi connectivity index (χ1v) is 9.21. The number of nitrogens with one attached hydrogen (secondary N) is 1. The quantitative estimate of drug-likeness (QED) is 0.905. The fraction of sp³-hybridized carbons (Fsp3) is 0.824. The van der Waals surface area contributed by atoms with Gasteiger partial charge in [0.1, 0.15) is 0 Å². The van der Waals surface area contributed by atoms with Gasteiger partial charge in [0.2, 0.25) is 0 Å². The summed E-state index contributed by atoms with van der Waals surface area (Å²) in [4.78, 5) is 14.8. The first-order valence-electron chi connectivity index (χ1n) is 9.21. The molecular weight excluding hydrogens is 290 g/mol. The van der Waals surface area contributed by atoms with E-state index in [1.54, 1.807) is 0 Å². The Morgan fingerprint density at radius 1 is 1.22 bits per heavy atom. The van der Waals surface area contributed by atoms with E-state index in [9.17, 15) is 4.79 Å². The zero-order valence-corrected chi connectivity index (χ0v) is 14.2. The highest BCUT2D eigenvalue weighted by Crippen LogP contribution is 2.27. The van der Waals surface area contributed by atoms with Gasteiger partial charge in [0.25, 0.3) is 5.91 Å². The van der Waals surface area contributed by atoms with Gasteiger partial charge in [0.15, 0.2) is 5.69 Å². The van der Waals surface area contributed by atoms with Crippen LogP contribution in [-0.4, -0.2) is 51.5 Å². The van der Waals surface area contributed by atoms with E-state index in [2.05, 4.69) is 27.5 Å². The van der Waals surface area contributed by atoms with Crippen LogP contribution < -0.4 is 5.32 Å². The first kappa shape index (κ1) is 16.4. The van der Waals surface area contributed by atoms with Crippen molar-refractivity contribution in [2.24, 2.45) is 0 Å². The van der Waals surface area contributed by atoms with Crippen molar-refractivity contribution in [2.75, 3.05) is 19.6 Å². The summed E-state index contributed by atoms with van der Waals surface area (Å²) < 4.78 is 1.90. The lowest BCUT2D eigenvalue weighted by atomic mass is 9.96. The predicted molar refractivity (Wildman–Crippen MR) is 89.4 cm³/mol. The van der Waals surface area contributed by atoms with Crippen molar-refractivity contribution in [1.29, 1.82) is 0 Å². The Kier molecular flexibility index (Phi) is 5.65. The molecule has 0 aromatic carbocycles. The molecule has 0 bridgehead atoms. The van der Waals surface area contributed by atoms with Crippen molar-refractivity contribution >= 4 is 5.91 Å². The second kappa shape index (κ2) is 7.90. The number of carbonyl (C=O) groups is 1. The zero-order chi connectivity index (χ0) is 16.1. The summed E-state index contributed by atoms with van der Waals surface area (Å²) in [6.45, 7) is 5.53. The summed E-state index contributed by atoms with van der Waals surface area (Å²) in [5.41, 5.74) is 0.464. The van der Waals surface area contributed by atoms with E-state index in [0.717, 1.165) is 45.3 Å². The van der Waals surface area contributed by atoms with Crippen LogP contribution in [-0.2, 0) is 0 Å². The largest absolute Gasteiger partial charge is 0.348 e. The SMILES string of the molecule is CCCN1CCC(NC(=O)c2cn(C3CCCCC3)nn2)CC1. The molecule has 128 valence electrons. The average molecular weight is 319 g/mol. The summed E-state index contributed by atoms with van der Waals surface area (Å²) in [5.74, 6) is -0.0685. The Hall–Kier alpha value is -1.43. The van der Waals surface area contributed by atoms with Gasteiger partial charge >= 0.3 is 0 Å². The van der Waals surface area contributed by atoms with Crippen LogP contribution in [0.15, 0.2) is 6.20 Å². The maximum absolute atomic E-state index is 12.4. The highest BCUT2D eigenvalue weighted by molar-refractivity contribution is 5.92. The number of rotatable bonds is 5. The van der Waals surface area contributed by atoms with E-state index >= 15 is 0 Å². The van der Waals surface area contributed by atoms with Crippen LogP contribution in [0.25, 0.3) is 0 Å². The van der Waals surface area contributed by atoms with Crippen LogP contribution in [0, 0.1) is 0 Å². The standard InChI is InChI=1S/C17H29N5O/c1-2-10-21-11-8-14(9-12-21)18-17(23)16-13-22(20-19-16)15-6-4-3-5-7-15/h13-15H,2-12H2,1H3,(H,18,23). The lowest BCUT2D eigenvalue weighted by Gasteiger charge is -2.31. The Bertz CT molecular complexity index is 501. The van der Waals surface area contributed by atoms with Crippen molar-refractivity contribution in [3.63, 3.8) is 0 Å². The molecule has 1 aromatic heterocycles. The van der Waals surface area contributed by atoms with Crippen molar-refractivity contribution in [1.82, 2.24) is 25.2 Å². The van der Waals surface area contributed by atoms with E-state index < -0.39 is 0 Å². The first-order chi connectivity index (χ1) is 11.3. The van der Waals surface area contributed by atoms with Crippen molar-refractivity contribution < 1.29 is 4.79 Å². The molecule has 6 nitrogen and oxygen atoms in total. The molecule has 1 saturated heterocycles. The molecule has 6 heteroatoms. The molecule has 0 unspecified atom stereocenters. The smallest absolute Gasteiger partial charge is 0.273 e. The average Bonchev–Trinajstić information content (AvgIpc) is 3.08. The molecule has 0 spiro atoms. The Labute approximate surface area is 138 Å². The highest BCUT2D eigenvalue weighted by Gasteiger charge is 2.23. The maximum atomic E-state index is 12.4. The molecular formula is C17H29N5O. The van der Waals surface area contributed by atoms with Crippen molar-refractivity contribution in [2.45, 2.75) is 70.4 Å². The van der Waals surface area contributed by atoms with Gasteiger partial charge in [-0.3, -0.25) is 4.79 Å². The molecule has 1 aliphatic carbocycles. The Morgan fingerprint density at radius 2 is 1.96 bits per heavy atom. The minimum atomic E-state index is -0.0685. The predicted octanol–water partition coefficient (Wildman–Crippen LogP) is 2.39. The molecule has 2 aliphatic rings. The van der Waals surface area contributed by atoms with Crippen molar-refractivity contribution in [3.05, 3.63) is 11.9 Å². The summed E-state index contributed by atoms with van der Waals surface area (Å²) in [7, 11) is 0. The van der Waals surface area contributed by atoms with Gasteiger partial charge in [0.05, 0.1) is 12.2 Å². The molecule has 23 heavy (non-hydrogen) atoms. The van der Waals surface area contributed by atoms with Gasteiger partial charge in [-0.2, -0.15) is 0 Å². The zero-order valence-electron chi connectivity index (χ0n) is 14.2. The number of amides is 1. The van der Waals surface area contributed by atoms with Crippen molar-refractivity contribution in [3.8, 4) is 0 Å². The minimum Gasteiger partial charge on any atom is -0.348 e. The summed E-state index contributed by atoms with van der Waals surface area (Å²) in [5, 5.41) is 11.4. The molecule has 0 radical (unpaired) electrons. The number of aromatic nitrogens is 3. The van der Waals surface area contributed by atoms with Crippen LogP contribution in [0.3, 0.4) is 0 Å². The number of piperidine rings is 1.